The van der Waals surface area contributed by atoms with E-state index in [-0.39, 0.29) is 17.2 Å². The minimum absolute atomic E-state index is 0.0509. The molecular weight excluding hydrogens is 354 g/mol. The van der Waals surface area contributed by atoms with Crippen molar-refractivity contribution in [1.82, 2.24) is 4.72 Å². The van der Waals surface area contributed by atoms with Crippen molar-refractivity contribution in [3.05, 3.63) is 54.1 Å². The molecule has 0 saturated heterocycles. The number of hydrogen-bond acceptors (Lipinski definition) is 5. The van der Waals surface area contributed by atoms with E-state index < -0.39 is 15.6 Å². The minimum Gasteiger partial charge on any atom is -0.497 e. The maximum absolute atomic E-state index is 12.8. The Labute approximate surface area is 155 Å². The summed E-state index contributed by atoms with van der Waals surface area (Å²) < 4.78 is 44.4. The van der Waals surface area contributed by atoms with Crippen molar-refractivity contribution in [2.75, 3.05) is 27.9 Å². The van der Waals surface area contributed by atoms with E-state index in [4.69, 9.17) is 14.2 Å². The molecule has 0 aliphatic heterocycles. The van der Waals surface area contributed by atoms with Gasteiger partial charge in [-0.2, -0.15) is 0 Å². The third-order valence-corrected chi connectivity index (χ3v) is 5.91. The van der Waals surface area contributed by atoms with Crippen LogP contribution in [0, 0.1) is 0 Å². The summed E-state index contributed by atoms with van der Waals surface area (Å²) in [7, 11) is 0.711. The van der Waals surface area contributed by atoms with Crippen molar-refractivity contribution in [2.45, 2.75) is 23.8 Å². The summed E-state index contributed by atoms with van der Waals surface area (Å²) in [6, 6.07) is 14.1. The molecule has 0 aliphatic rings. The lowest BCUT2D eigenvalue weighted by molar-refractivity contribution is -0.0133. The highest BCUT2D eigenvalue weighted by molar-refractivity contribution is 7.89. The van der Waals surface area contributed by atoms with Crippen LogP contribution in [0.2, 0.25) is 0 Å². The van der Waals surface area contributed by atoms with Crippen LogP contribution in [0.25, 0.3) is 0 Å². The Kier molecular flexibility index (Phi) is 6.63. The molecule has 2 aromatic carbocycles. The molecule has 26 heavy (non-hydrogen) atoms. The molecule has 0 aliphatic carbocycles. The van der Waals surface area contributed by atoms with Crippen molar-refractivity contribution in [3.8, 4) is 11.5 Å². The minimum atomic E-state index is -3.80. The molecule has 0 heterocycles. The summed E-state index contributed by atoms with van der Waals surface area (Å²) in [6.07, 6.45) is 0.607. The summed E-state index contributed by atoms with van der Waals surface area (Å²) in [5.74, 6) is 0.737. The lowest BCUT2D eigenvalue weighted by atomic mass is 9.91. The summed E-state index contributed by atoms with van der Waals surface area (Å²) in [4.78, 5) is 0.0509. The van der Waals surface area contributed by atoms with Gasteiger partial charge in [0.2, 0.25) is 10.0 Å². The third kappa shape index (κ3) is 4.17. The van der Waals surface area contributed by atoms with Gasteiger partial charge in [-0.05, 0) is 24.1 Å². The Bertz CT molecular complexity index is 817. The molecule has 1 atom stereocenters. The zero-order valence-electron chi connectivity index (χ0n) is 15.5. The molecule has 0 aromatic heterocycles. The average molecular weight is 379 g/mol. The smallest absolute Gasteiger partial charge is 0.244 e. The van der Waals surface area contributed by atoms with Crippen LogP contribution in [0.3, 0.4) is 0 Å². The van der Waals surface area contributed by atoms with Gasteiger partial charge in [-0.25, -0.2) is 13.1 Å². The predicted molar refractivity (Wildman–Crippen MR) is 100 cm³/mol. The quantitative estimate of drug-likeness (QED) is 0.725. The fourth-order valence-corrected chi connectivity index (χ4v) is 4.03. The second kappa shape index (κ2) is 8.53. The third-order valence-electron chi connectivity index (χ3n) is 4.47. The molecule has 0 fully saturated rings. The topological polar surface area (TPSA) is 73.9 Å². The van der Waals surface area contributed by atoms with E-state index >= 15 is 0 Å². The highest BCUT2D eigenvalue weighted by Crippen LogP contribution is 2.31. The van der Waals surface area contributed by atoms with Crippen LogP contribution in [0.1, 0.15) is 18.9 Å². The highest BCUT2D eigenvalue weighted by Gasteiger charge is 2.32. The fraction of sp³-hybridized carbons (Fsp3) is 0.368. The number of benzene rings is 2. The molecule has 1 N–H and O–H groups in total. The summed E-state index contributed by atoms with van der Waals surface area (Å²) in [5, 5.41) is 0. The van der Waals surface area contributed by atoms with Gasteiger partial charge in [0.15, 0.2) is 0 Å². The van der Waals surface area contributed by atoms with Gasteiger partial charge in [0, 0.05) is 19.7 Å². The monoisotopic (exact) mass is 379 g/mol. The molecule has 0 saturated carbocycles. The van der Waals surface area contributed by atoms with E-state index in [2.05, 4.69) is 4.72 Å². The lowest BCUT2D eigenvalue weighted by Gasteiger charge is -2.32. The molecule has 7 heteroatoms. The molecule has 6 nitrogen and oxygen atoms in total. The molecular formula is C19H25NO5S. The maximum atomic E-state index is 12.8. The zero-order valence-corrected chi connectivity index (χ0v) is 16.3. The number of nitrogens with one attached hydrogen (secondary N) is 1. The van der Waals surface area contributed by atoms with E-state index in [1.54, 1.807) is 13.2 Å². The average Bonchev–Trinajstić information content (AvgIpc) is 2.69. The van der Waals surface area contributed by atoms with E-state index in [0.717, 1.165) is 5.56 Å². The molecule has 1 unspecified atom stereocenters. The first-order chi connectivity index (χ1) is 12.4. The zero-order chi connectivity index (χ0) is 19.2. The number of sulfonamides is 1. The molecule has 0 radical (unpaired) electrons. The van der Waals surface area contributed by atoms with Crippen molar-refractivity contribution in [3.63, 3.8) is 0 Å². The van der Waals surface area contributed by atoms with Crippen LogP contribution in [0.4, 0.5) is 0 Å². The number of hydrogen-bond donors (Lipinski definition) is 1. The van der Waals surface area contributed by atoms with Crippen LogP contribution in [-0.2, 0) is 20.4 Å². The van der Waals surface area contributed by atoms with Gasteiger partial charge in [0.05, 0.1) is 14.2 Å². The second-order valence-electron chi connectivity index (χ2n) is 5.76. The molecule has 0 amide bonds. The Morgan fingerprint density at radius 1 is 1.00 bits per heavy atom. The first-order valence-electron chi connectivity index (χ1n) is 8.25. The van der Waals surface area contributed by atoms with Crippen LogP contribution in [0.5, 0.6) is 11.5 Å². The normalized spacial score (nSPS) is 13.8. The van der Waals surface area contributed by atoms with Crippen molar-refractivity contribution < 1.29 is 22.6 Å². The number of ether oxygens (including phenoxy) is 3. The predicted octanol–water partition coefficient (Wildman–Crippen LogP) is 2.93. The molecule has 2 aromatic rings. The van der Waals surface area contributed by atoms with Gasteiger partial charge in [0.1, 0.15) is 22.0 Å². The summed E-state index contributed by atoms with van der Waals surface area (Å²) in [6.45, 7) is 2.06. The Hall–Kier alpha value is -2.09. The van der Waals surface area contributed by atoms with Gasteiger partial charge in [-0.1, -0.05) is 37.3 Å². The Morgan fingerprint density at radius 3 is 2.23 bits per heavy atom. The number of methoxy groups -OCH3 is 3. The second-order valence-corrected chi connectivity index (χ2v) is 7.49. The van der Waals surface area contributed by atoms with Gasteiger partial charge in [-0.15, -0.1) is 0 Å². The summed E-state index contributed by atoms with van der Waals surface area (Å²) in [5.41, 5.74) is 0.156. The molecule has 0 bridgehead atoms. The molecule has 2 rings (SSSR count). The van der Waals surface area contributed by atoms with Crippen molar-refractivity contribution in [1.29, 1.82) is 0 Å². The van der Waals surface area contributed by atoms with E-state index in [9.17, 15) is 8.42 Å². The standard InChI is InChI=1S/C19H25NO5S/c1-5-19(25-4,15-9-7-6-8-10-15)14-20-26(21,22)18-12-11-16(23-2)13-17(18)24-3/h6-13,20H,5,14H2,1-4H3. The highest BCUT2D eigenvalue weighted by atomic mass is 32.2. The van der Waals surface area contributed by atoms with Gasteiger partial charge in [0.25, 0.3) is 0 Å². The molecule has 0 spiro atoms. The SMILES string of the molecule is CCC(CNS(=O)(=O)c1ccc(OC)cc1OC)(OC)c1ccccc1. The van der Waals surface area contributed by atoms with E-state index in [1.807, 2.05) is 37.3 Å². The van der Waals surface area contributed by atoms with Crippen molar-refractivity contribution in [2.24, 2.45) is 0 Å². The number of rotatable bonds is 9. The first kappa shape index (κ1) is 20.2. The lowest BCUT2D eigenvalue weighted by Crippen LogP contribution is -2.41. The van der Waals surface area contributed by atoms with Gasteiger partial charge >= 0.3 is 0 Å². The van der Waals surface area contributed by atoms with Gasteiger partial charge < -0.3 is 14.2 Å². The fourth-order valence-electron chi connectivity index (χ4n) is 2.79. The summed E-state index contributed by atoms with van der Waals surface area (Å²) >= 11 is 0. The molecule has 142 valence electrons. The van der Waals surface area contributed by atoms with Gasteiger partial charge in [-0.3, -0.25) is 0 Å². The Balaban J connectivity index is 2.31. The Morgan fingerprint density at radius 2 is 1.69 bits per heavy atom. The van der Waals surface area contributed by atoms with Crippen LogP contribution in [0.15, 0.2) is 53.4 Å². The first-order valence-corrected chi connectivity index (χ1v) is 9.73. The van der Waals surface area contributed by atoms with Crippen LogP contribution >= 0.6 is 0 Å². The van der Waals surface area contributed by atoms with Crippen LogP contribution < -0.4 is 14.2 Å². The van der Waals surface area contributed by atoms with Crippen LogP contribution in [-0.4, -0.2) is 36.3 Å². The van der Waals surface area contributed by atoms with E-state index in [1.165, 1.54) is 26.4 Å². The van der Waals surface area contributed by atoms with E-state index in [0.29, 0.717) is 12.2 Å². The largest absolute Gasteiger partial charge is 0.497 e. The maximum Gasteiger partial charge on any atom is 0.244 e. The van der Waals surface area contributed by atoms with Crippen molar-refractivity contribution >= 4 is 10.0 Å².